The lowest BCUT2D eigenvalue weighted by atomic mass is 10.2. The number of likely N-dealkylation sites (N-methyl/N-ethyl adjacent to an activating group) is 1. The monoisotopic (exact) mass is 187 g/mol. The van der Waals surface area contributed by atoms with E-state index in [1.54, 1.807) is 0 Å². The summed E-state index contributed by atoms with van der Waals surface area (Å²) in [6.45, 7) is 3.32. The largest absolute Gasteiger partial charge is 0.380 e. The molecule has 76 valence electrons. The lowest BCUT2D eigenvalue weighted by molar-refractivity contribution is -0.126. The molecular weight excluding hydrogens is 170 g/mol. The molecule has 1 rings (SSSR count). The summed E-state index contributed by atoms with van der Waals surface area (Å²) in [5.41, 5.74) is 2.15. The maximum absolute atomic E-state index is 11.2. The standard InChI is InChI=1S/C8H17N3O2/c1-6(8(12)10-9)11(2)7-3-4-13-5-7/h6-7H,3-5,9H2,1-2H3,(H,10,12). The molecule has 2 atom stereocenters. The highest BCUT2D eigenvalue weighted by molar-refractivity contribution is 5.80. The fourth-order valence-electron chi connectivity index (χ4n) is 1.47. The van der Waals surface area contributed by atoms with E-state index >= 15 is 0 Å². The molecule has 1 heterocycles. The molecule has 0 aromatic heterocycles. The highest BCUT2D eigenvalue weighted by Gasteiger charge is 2.27. The van der Waals surface area contributed by atoms with E-state index in [9.17, 15) is 4.79 Å². The Bertz CT molecular complexity index is 180. The molecule has 0 aliphatic carbocycles. The van der Waals surface area contributed by atoms with Crippen molar-refractivity contribution in [2.45, 2.75) is 25.4 Å². The van der Waals surface area contributed by atoms with Gasteiger partial charge in [-0.25, -0.2) is 5.84 Å². The van der Waals surface area contributed by atoms with Gasteiger partial charge in [-0.3, -0.25) is 15.1 Å². The average Bonchev–Trinajstić information content (AvgIpc) is 2.67. The van der Waals surface area contributed by atoms with Crippen LogP contribution >= 0.6 is 0 Å². The van der Waals surface area contributed by atoms with Gasteiger partial charge in [-0.15, -0.1) is 0 Å². The summed E-state index contributed by atoms with van der Waals surface area (Å²) >= 11 is 0. The second-order valence-corrected chi connectivity index (χ2v) is 3.37. The third kappa shape index (κ3) is 2.40. The first-order valence-corrected chi connectivity index (χ1v) is 4.47. The zero-order valence-electron chi connectivity index (χ0n) is 8.12. The van der Waals surface area contributed by atoms with Crippen LogP contribution in [0.1, 0.15) is 13.3 Å². The Morgan fingerprint density at radius 2 is 2.46 bits per heavy atom. The SMILES string of the molecule is CC(C(=O)NN)N(C)C1CCOC1. The maximum Gasteiger partial charge on any atom is 0.250 e. The Hall–Kier alpha value is -0.650. The Morgan fingerprint density at radius 1 is 1.77 bits per heavy atom. The van der Waals surface area contributed by atoms with Crippen molar-refractivity contribution in [3.05, 3.63) is 0 Å². The van der Waals surface area contributed by atoms with Crippen LogP contribution in [-0.4, -0.2) is 43.2 Å². The van der Waals surface area contributed by atoms with Gasteiger partial charge in [0.25, 0.3) is 5.91 Å². The van der Waals surface area contributed by atoms with E-state index in [0.29, 0.717) is 12.6 Å². The predicted molar refractivity (Wildman–Crippen MR) is 48.8 cm³/mol. The number of nitrogens with two attached hydrogens (primary N) is 1. The van der Waals surface area contributed by atoms with Gasteiger partial charge >= 0.3 is 0 Å². The molecule has 1 aliphatic heterocycles. The second kappa shape index (κ2) is 4.55. The summed E-state index contributed by atoms with van der Waals surface area (Å²) in [5.74, 6) is 4.89. The van der Waals surface area contributed by atoms with Gasteiger partial charge in [0.15, 0.2) is 0 Å². The van der Waals surface area contributed by atoms with Crippen LogP contribution in [0.15, 0.2) is 0 Å². The fourth-order valence-corrected chi connectivity index (χ4v) is 1.47. The van der Waals surface area contributed by atoms with Crippen LogP contribution in [0.3, 0.4) is 0 Å². The van der Waals surface area contributed by atoms with Crippen LogP contribution in [-0.2, 0) is 9.53 Å². The van der Waals surface area contributed by atoms with Crippen molar-refractivity contribution in [1.82, 2.24) is 10.3 Å². The average molecular weight is 187 g/mol. The Labute approximate surface area is 78.2 Å². The summed E-state index contributed by atoms with van der Waals surface area (Å²) in [6, 6.07) is 0.143. The van der Waals surface area contributed by atoms with E-state index in [1.165, 1.54) is 0 Å². The molecule has 3 N–H and O–H groups in total. The molecule has 0 saturated carbocycles. The van der Waals surface area contributed by atoms with Crippen LogP contribution in [0, 0.1) is 0 Å². The highest BCUT2D eigenvalue weighted by atomic mass is 16.5. The van der Waals surface area contributed by atoms with E-state index in [-0.39, 0.29) is 11.9 Å². The molecule has 0 bridgehead atoms. The minimum atomic E-state index is -0.198. The number of carbonyl (C=O) groups is 1. The van der Waals surface area contributed by atoms with Crippen LogP contribution in [0.2, 0.25) is 0 Å². The molecule has 5 heteroatoms. The van der Waals surface area contributed by atoms with Gasteiger partial charge in [-0.05, 0) is 20.4 Å². The Morgan fingerprint density at radius 3 is 2.92 bits per heavy atom. The normalized spacial score (nSPS) is 24.8. The van der Waals surface area contributed by atoms with Gasteiger partial charge in [0, 0.05) is 12.6 Å². The third-order valence-electron chi connectivity index (χ3n) is 2.61. The first-order valence-electron chi connectivity index (χ1n) is 4.47. The van der Waals surface area contributed by atoms with Crippen LogP contribution in [0.5, 0.6) is 0 Å². The fraction of sp³-hybridized carbons (Fsp3) is 0.875. The molecule has 1 aliphatic rings. The zero-order chi connectivity index (χ0) is 9.84. The highest BCUT2D eigenvalue weighted by Crippen LogP contribution is 2.12. The molecule has 2 unspecified atom stereocenters. The number of nitrogens with zero attached hydrogens (tertiary/aromatic N) is 1. The third-order valence-corrected chi connectivity index (χ3v) is 2.61. The Balaban J connectivity index is 2.45. The van der Waals surface area contributed by atoms with Gasteiger partial charge in [0.1, 0.15) is 0 Å². The minimum absolute atomic E-state index is 0.158. The topological polar surface area (TPSA) is 67.6 Å². The molecule has 1 amide bonds. The second-order valence-electron chi connectivity index (χ2n) is 3.37. The van der Waals surface area contributed by atoms with Gasteiger partial charge in [-0.2, -0.15) is 0 Å². The van der Waals surface area contributed by atoms with E-state index in [2.05, 4.69) is 5.43 Å². The molecule has 1 saturated heterocycles. The number of carbonyl (C=O) groups excluding carboxylic acids is 1. The van der Waals surface area contributed by atoms with Crippen LogP contribution < -0.4 is 11.3 Å². The number of ether oxygens (including phenoxy) is 1. The van der Waals surface area contributed by atoms with Crippen molar-refractivity contribution in [1.29, 1.82) is 0 Å². The molecule has 0 aromatic rings. The number of nitrogens with one attached hydrogen (secondary N) is 1. The zero-order valence-corrected chi connectivity index (χ0v) is 8.12. The van der Waals surface area contributed by atoms with Crippen molar-refractivity contribution >= 4 is 5.91 Å². The Kier molecular flexibility index (Phi) is 3.65. The predicted octanol–water partition coefficient (Wildman–Crippen LogP) is -0.914. The van der Waals surface area contributed by atoms with Crippen molar-refractivity contribution in [2.24, 2.45) is 5.84 Å². The summed E-state index contributed by atoms with van der Waals surface area (Å²) in [5, 5.41) is 0. The number of rotatable bonds is 3. The molecule has 0 radical (unpaired) electrons. The van der Waals surface area contributed by atoms with E-state index in [4.69, 9.17) is 10.6 Å². The van der Waals surface area contributed by atoms with Crippen molar-refractivity contribution in [3.8, 4) is 0 Å². The molecule has 1 fully saturated rings. The number of hydrogen-bond acceptors (Lipinski definition) is 4. The van der Waals surface area contributed by atoms with Crippen molar-refractivity contribution in [3.63, 3.8) is 0 Å². The van der Waals surface area contributed by atoms with Gasteiger partial charge in [0.05, 0.1) is 12.6 Å². The lowest BCUT2D eigenvalue weighted by Gasteiger charge is -2.27. The molecular formula is C8H17N3O2. The van der Waals surface area contributed by atoms with Crippen molar-refractivity contribution in [2.75, 3.05) is 20.3 Å². The summed E-state index contributed by atoms with van der Waals surface area (Å²) in [7, 11) is 1.92. The van der Waals surface area contributed by atoms with Crippen LogP contribution in [0.4, 0.5) is 0 Å². The van der Waals surface area contributed by atoms with E-state index in [1.807, 2.05) is 18.9 Å². The van der Waals surface area contributed by atoms with Gasteiger partial charge < -0.3 is 4.74 Å². The van der Waals surface area contributed by atoms with Crippen LogP contribution in [0.25, 0.3) is 0 Å². The number of hydrazine groups is 1. The number of amides is 1. The quantitative estimate of drug-likeness (QED) is 0.341. The molecule has 0 aromatic carbocycles. The van der Waals surface area contributed by atoms with Gasteiger partial charge in [0.2, 0.25) is 0 Å². The van der Waals surface area contributed by atoms with E-state index in [0.717, 1.165) is 13.0 Å². The van der Waals surface area contributed by atoms with E-state index < -0.39 is 0 Å². The first kappa shape index (κ1) is 10.4. The smallest absolute Gasteiger partial charge is 0.250 e. The molecule has 13 heavy (non-hydrogen) atoms. The summed E-state index contributed by atoms with van der Waals surface area (Å²) < 4.78 is 5.24. The number of hydrogen-bond donors (Lipinski definition) is 2. The minimum Gasteiger partial charge on any atom is -0.380 e. The lowest BCUT2D eigenvalue weighted by Crippen LogP contribution is -2.49. The summed E-state index contributed by atoms with van der Waals surface area (Å²) in [6.07, 6.45) is 0.985. The maximum atomic E-state index is 11.2. The van der Waals surface area contributed by atoms with Crippen molar-refractivity contribution < 1.29 is 9.53 Å². The summed E-state index contributed by atoms with van der Waals surface area (Å²) in [4.78, 5) is 13.2. The van der Waals surface area contributed by atoms with Gasteiger partial charge in [-0.1, -0.05) is 0 Å². The molecule has 0 spiro atoms. The first-order chi connectivity index (χ1) is 6.16. The molecule has 5 nitrogen and oxygen atoms in total.